The molecule has 0 saturated carbocycles. The van der Waals surface area contributed by atoms with Crippen molar-refractivity contribution in [3.63, 3.8) is 0 Å². The molecule has 1 unspecified atom stereocenters. The number of rotatable bonds is 7. The first-order valence-corrected chi connectivity index (χ1v) is 11.9. The highest BCUT2D eigenvalue weighted by Gasteiger charge is 2.22. The number of nitrogens with one attached hydrogen (secondary N) is 1. The number of fused-ring (bicyclic) bond motifs is 1. The largest absolute Gasteiger partial charge is 0.347 e. The first kappa shape index (κ1) is 22.2. The van der Waals surface area contributed by atoms with Crippen molar-refractivity contribution in [1.29, 1.82) is 0 Å². The summed E-state index contributed by atoms with van der Waals surface area (Å²) in [4.78, 5) is 30.9. The van der Waals surface area contributed by atoms with Crippen LogP contribution in [0.3, 0.4) is 0 Å². The van der Waals surface area contributed by atoms with Crippen LogP contribution in [0.4, 0.5) is 0 Å². The molecule has 1 heterocycles. The van der Waals surface area contributed by atoms with Crippen molar-refractivity contribution in [2.45, 2.75) is 26.8 Å². The van der Waals surface area contributed by atoms with Crippen LogP contribution in [0.5, 0.6) is 0 Å². The maximum Gasteiger partial charge on any atom is 0.305 e. The summed E-state index contributed by atoms with van der Waals surface area (Å²) in [6, 6.07) is 16.2. The van der Waals surface area contributed by atoms with Crippen molar-refractivity contribution in [2.24, 2.45) is 5.92 Å². The number of benzene rings is 2. The van der Waals surface area contributed by atoms with Gasteiger partial charge in [-0.1, -0.05) is 54.2 Å². The Kier molecular flexibility index (Phi) is 6.72. The SMILES string of the molecule is C[NH2+]CCN(Cc1cccc(C2=Cc3sc(=O)[nH]c3CC2C)c1)C(=O)c1ccc(C)cc1. The predicted octanol–water partition coefficient (Wildman–Crippen LogP) is 3.31. The maximum atomic E-state index is 13.2. The van der Waals surface area contributed by atoms with Crippen molar-refractivity contribution < 1.29 is 10.1 Å². The molecule has 0 aliphatic heterocycles. The molecule has 1 aliphatic carbocycles. The summed E-state index contributed by atoms with van der Waals surface area (Å²) in [6.07, 6.45) is 2.99. The lowest BCUT2D eigenvalue weighted by molar-refractivity contribution is -0.626. The van der Waals surface area contributed by atoms with E-state index in [9.17, 15) is 9.59 Å². The molecule has 1 amide bonds. The zero-order valence-electron chi connectivity index (χ0n) is 18.9. The minimum absolute atomic E-state index is 0.00596. The van der Waals surface area contributed by atoms with E-state index in [0.717, 1.165) is 45.8 Å². The van der Waals surface area contributed by atoms with Crippen molar-refractivity contribution >= 4 is 28.9 Å². The van der Waals surface area contributed by atoms with Crippen LogP contribution in [-0.2, 0) is 13.0 Å². The molecule has 2 aromatic carbocycles. The van der Waals surface area contributed by atoms with E-state index in [1.807, 2.05) is 43.1 Å². The molecule has 6 heteroatoms. The molecular weight excluding hydrogens is 418 g/mol. The van der Waals surface area contributed by atoms with E-state index >= 15 is 0 Å². The van der Waals surface area contributed by atoms with Crippen LogP contribution < -0.4 is 10.2 Å². The van der Waals surface area contributed by atoms with Gasteiger partial charge < -0.3 is 15.2 Å². The summed E-state index contributed by atoms with van der Waals surface area (Å²) < 4.78 is 0. The lowest BCUT2D eigenvalue weighted by atomic mass is 9.85. The van der Waals surface area contributed by atoms with Gasteiger partial charge in [0.2, 0.25) is 0 Å². The fraction of sp³-hybridized carbons (Fsp3) is 0.308. The number of amides is 1. The summed E-state index contributed by atoms with van der Waals surface area (Å²) in [5.74, 6) is 0.382. The fourth-order valence-electron chi connectivity index (χ4n) is 4.19. The molecule has 1 aliphatic rings. The van der Waals surface area contributed by atoms with Crippen LogP contribution in [0, 0.1) is 12.8 Å². The number of hydrogen-bond acceptors (Lipinski definition) is 3. The number of hydrogen-bond donors (Lipinski definition) is 2. The van der Waals surface area contributed by atoms with Gasteiger partial charge in [0, 0.05) is 17.8 Å². The van der Waals surface area contributed by atoms with Gasteiger partial charge in [0.15, 0.2) is 0 Å². The fourth-order valence-corrected chi connectivity index (χ4v) is 5.01. The van der Waals surface area contributed by atoms with E-state index < -0.39 is 0 Å². The first-order valence-electron chi connectivity index (χ1n) is 11.1. The Balaban J connectivity index is 1.59. The second-order valence-corrected chi connectivity index (χ2v) is 9.57. The Morgan fingerprint density at radius 2 is 2.00 bits per heavy atom. The molecule has 166 valence electrons. The second-order valence-electron chi connectivity index (χ2n) is 8.55. The number of nitrogens with zero attached hydrogens (tertiary/aromatic N) is 1. The number of aromatic amines is 1. The molecule has 0 spiro atoms. The summed E-state index contributed by atoms with van der Waals surface area (Å²) in [7, 11) is 2.02. The summed E-state index contributed by atoms with van der Waals surface area (Å²) in [5.41, 5.74) is 6.42. The van der Waals surface area contributed by atoms with E-state index in [4.69, 9.17) is 0 Å². The standard InChI is InChI=1S/C26H29N3O2S/c1-17-7-9-20(10-8-17)25(30)29(12-11-27-3)16-19-5-4-6-21(14-19)22-15-24-23(13-18(22)2)28-26(31)32-24/h4-10,14-15,18,27H,11-13,16H2,1-3H3,(H,28,31)/p+1. The Morgan fingerprint density at radius 3 is 2.75 bits per heavy atom. The van der Waals surface area contributed by atoms with Crippen molar-refractivity contribution in [2.75, 3.05) is 20.1 Å². The maximum absolute atomic E-state index is 13.2. The second kappa shape index (κ2) is 9.67. The van der Waals surface area contributed by atoms with Gasteiger partial charge in [-0.3, -0.25) is 9.59 Å². The van der Waals surface area contributed by atoms with Gasteiger partial charge in [0.1, 0.15) is 0 Å². The molecule has 0 fully saturated rings. The van der Waals surface area contributed by atoms with Gasteiger partial charge in [0.25, 0.3) is 5.91 Å². The highest BCUT2D eigenvalue weighted by Crippen LogP contribution is 2.35. The Bertz CT molecular complexity index is 1190. The number of allylic oxidation sites excluding steroid dienone is 1. The Labute approximate surface area is 192 Å². The van der Waals surface area contributed by atoms with Crippen molar-refractivity contribution in [1.82, 2.24) is 9.88 Å². The molecule has 1 atom stereocenters. The van der Waals surface area contributed by atoms with E-state index in [1.54, 1.807) is 0 Å². The first-order chi connectivity index (χ1) is 15.4. The molecule has 1 aromatic heterocycles. The molecular formula is C26H30N3O2S+. The predicted molar refractivity (Wildman–Crippen MR) is 131 cm³/mol. The average Bonchev–Trinajstić information content (AvgIpc) is 3.15. The number of aryl methyl sites for hydroxylation is 1. The van der Waals surface area contributed by atoms with Crippen LogP contribution >= 0.6 is 11.3 Å². The third-order valence-corrected chi connectivity index (χ3v) is 6.86. The van der Waals surface area contributed by atoms with Gasteiger partial charge in [-0.25, -0.2) is 0 Å². The van der Waals surface area contributed by atoms with Gasteiger partial charge in [0.05, 0.1) is 25.0 Å². The number of aromatic nitrogens is 1. The zero-order chi connectivity index (χ0) is 22.7. The molecule has 3 N–H and O–H groups in total. The number of carbonyl (C=O) groups is 1. The monoisotopic (exact) mass is 448 g/mol. The summed E-state index contributed by atoms with van der Waals surface area (Å²) >= 11 is 1.27. The Morgan fingerprint density at radius 1 is 1.22 bits per heavy atom. The Hall–Kier alpha value is -2.96. The van der Waals surface area contributed by atoms with Gasteiger partial charge >= 0.3 is 4.87 Å². The molecule has 3 aromatic rings. The van der Waals surface area contributed by atoms with Crippen LogP contribution in [-0.4, -0.2) is 35.9 Å². The third-order valence-electron chi connectivity index (χ3n) is 5.99. The quantitative estimate of drug-likeness (QED) is 0.582. The summed E-state index contributed by atoms with van der Waals surface area (Å²) in [6.45, 7) is 6.34. The summed E-state index contributed by atoms with van der Waals surface area (Å²) in [5, 5.41) is 2.10. The molecule has 0 saturated heterocycles. The van der Waals surface area contributed by atoms with Gasteiger partial charge in [-0.2, -0.15) is 0 Å². The highest BCUT2D eigenvalue weighted by atomic mass is 32.1. The van der Waals surface area contributed by atoms with E-state index in [1.165, 1.54) is 16.9 Å². The van der Waals surface area contributed by atoms with E-state index in [0.29, 0.717) is 19.0 Å². The van der Waals surface area contributed by atoms with Crippen LogP contribution in [0.1, 0.15) is 44.5 Å². The normalized spacial score (nSPS) is 15.2. The lowest BCUT2D eigenvalue weighted by Crippen LogP contribution is -2.81. The van der Waals surface area contributed by atoms with Crippen LogP contribution in [0.25, 0.3) is 11.6 Å². The lowest BCUT2D eigenvalue weighted by Gasteiger charge is -2.24. The highest BCUT2D eigenvalue weighted by molar-refractivity contribution is 7.10. The van der Waals surface area contributed by atoms with Crippen LogP contribution in [0.2, 0.25) is 0 Å². The van der Waals surface area contributed by atoms with Crippen LogP contribution in [0.15, 0.2) is 53.3 Å². The van der Waals surface area contributed by atoms with E-state index in [2.05, 4.69) is 47.6 Å². The zero-order valence-corrected chi connectivity index (χ0v) is 19.7. The number of H-pyrrole nitrogens is 1. The van der Waals surface area contributed by atoms with E-state index in [-0.39, 0.29) is 10.8 Å². The third kappa shape index (κ3) is 4.92. The molecule has 32 heavy (non-hydrogen) atoms. The van der Waals surface area contributed by atoms with Crippen molar-refractivity contribution in [3.8, 4) is 0 Å². The minimum atomic E-state index is 0.00596. The van der Waals surface area contributed by atoms with Gasteiger partial charge in [-0.15, -0.1) is 0 Å². The number of thiazole rings is 1. The van der Waals surface area contributed by atoms with Crippen molar-refractivity contribution in [3.05, 3.63) is 91.0 Å². The van der Waals surface area contributed by atoms with Gasteiger partial charge in [-0.05, 0) is 60.2 Å². The molecule has 5 nitrogen and oxygen atoms in total. The molecule has 4 rings (SSSR count). The smallest absolute Gasteiger partial charge is 0.305 e. The number of likely N-dealkylation sites (N-methyl/N-ethyl adjacent to an activating group) is 1. The number of carbonyl (C=O) groups excluding carboxylic acids is 1. The average molecular weight is 449 g/mol. The topological polar surface area (TPSA) is 69.8 Å². The minimum Gasteiger partial charge on any atom is -0.347 e. The molecule has 0 bridgehead atoms. The number of nitrogens with two attached hydrogens (primary N) is 1. The number of quaternary nitrogens is 1. The molecule has 0 radical (unpaired) electrons.